The number of thioether (sulfide) groups is 1. The van der Waals surface area contributed by atoms with Gasteiger partial charge in [-0.2, -0.15) is 0 Å². The topological polar surface area (TPSA) is 87.2 Å². The van der Waals surface area contributed by atoms with E-state index in [1.165, 1.54) is 11.8 Å². The summed E-state index contributed by atoms with van der Waals surface area (Å²) in [7, 11) is 0. The zero-order valence-corrected chi connectivity index (χ0v) is 18.9. The fourth-order valence-corrected chi connectivity index (χ4v) is 4.45. The first kappa shape index (κ1) is 21.6. The van der Waals surface area contributed by atoms with Crippen molar-refractivity contribution in [3.8, 4) is 0 Å². The van der Waals surface area contributed by atoms with E-state index >= 15 is 0 Å². The first-order chi connectivity index (χ1) is 15.0. The average Bonchev–Trinajstić information content (AvgIpc) is 3.59. The van der Waals surface area contributed by atoms with Gasteiger partial charge in [-0.3, -0.25) is 9.59 Å². The minimum atomic E-state index is -0.0613. The van der Waals surface area contributed by atoms with Crippen molar-refractivity contribution in [2.75, 3.05) is 29.1 Å². The van der Waals surface area contributed by atoms with Crippen LogP contribution in [-0.2, 0) is 9.59 Å². The summed E-state index contributed by atoms with van der Waals surface area (Å²) in [5.41, 5.74) is 2.97. The minimum absolute atomic E-state index is 0.0128. The third kappa shape index (κ3) is 5.76. The van der Waals surface area contributed by atoms with Gasteiger partial charge < -0.3 is 15.5 Å². The standard InChI is InChI=1S/C23H29N5O2S/c1-15-5-3-6-16(2)22(15)25-20(29)14-31-21-11-10-19(26-27-21)28-12-4-7-17(13-28)23(30)24-18-8-9-18/h3,5-6,10-11,17-18H,4,7-9,12-14H2,1-2H3,(H,24,30)(H,25,29)/t17-/m0/s1. The maximum Gasteiger partial charge on any atom is 0.234 e. The number of nitrogens with zero attached hydrogens (tertiary/aromatic N) is 3. The molecule has 2 amide bonds. The van der Waals surface area contributed by atoms with Crippen LogP contribution in [0.5, 0.6) is 0 Å². The zero-order valence-electron chi connectivity index (χ0n) is 18.1. The Morgan fingerprint density at radius 2 is 1.87 bits per heavy atom. The molecular formula is C23H29N5O2S. The smallest absolute Gasteiger partial charge is 0.234 e. The molecule has 1 aliphatic heterocycles. The summed E-state index contributed by atoms with van der Waals surface area (Å²) >= 11 is 1.37. The minimum Gasteiger partial charge on any atom is -0.354 e. The van der Waals surface area contributed by atoms with E-state index in [1.54, 1.807) is 0 Å². The highest BCUT2D eigenvalue weighted by Crippen LogP contribution is 2.25. The number of amides is 2. The number of anilines is 2. The Labute approximate surface area is 187 Å². The highest BCUT2D eigenvalue weighted by molar-refractivity contribution is 7.99. The van der Waals surface area contributed by atoms with Crippen molar-refractivity contribution < 1.29 is 9.59 Å². The summed E-state index contributed by atoms with van der Waals surface area (Å²) in [6, 6.07) is 10.2. The quantitative estimate of drug-likeness (QED) is 0.644. The van der Waals surface area contributed by atoms with Gasteiger partial charge in [-0.15, -0.1) is 10.2 Å². The van der Waals surface area contributed by atoms with Gasteiger partial charge in [0, 0.05) is 24.8 Å². The molecule has 7 nitrogen and oxygen atoms in total. The number of carbonyl (C=O) groups excluding carboxylic acids is 2. The third-order valence-corrected chi connectivity index (χ3v) is 6.68. The van der Waals surface area contributed by atoms with Gasteiger partial charge in [0.1, 0.15) is 5.03 Å². The summed E-state index contributed by atoms with van der Waals surface area (Å²) in [6.07, 6.45) is 4.11. The lowest BCUT2D eigenvalue weighted by atomic mass is 9.97. The number of benzene rings is 1. The first-order valence-electron chi connectivity index (χ1n) is 10.9. The van der Waals surface area contributed by atoms with Gasteiger partial charge in [0.05, 0.1) is 11.7 Å². The van der Waals surface area contributed by atoms with Crippen molar-refractivity contribution in [2.24, 2.45) is 5.92 Å². The lowest BCUT2D eigenvalue weighted by Crippen LogP contribution is -2.44. The fraction of sp³-hybridized carbons (Fsp3) is 0.478. The second-order valence-electron chi connectivity index (χ2n) is 8.40. The molecule has 2 fully saturated rings. The first-order valence-corrected chi connectivity index (χ1v) is 11.9. The third-order valence-electron chi connectivity index (χ3n) is 5.76. The summed E-state index contributed by atoms with van der Waals surface area (Å²) in [4.78, 5) is 26.9. The van der Waals surface area contributed by atoms with Crippen LogP contribution in [0.2, 0.25) is 0 Å². The van der Waals surface area contributed by atoms with Crippen molar-refractivity contribution in [2.45, 2.75) is 50.6 Å². The number of aromatic nitrogens is 2. The molecule has 0 radical (unpaired) electrons. The molecule has 1 atom stereocenters. The second-order valence-corrected chi connectivity index (χ2v) is 9.40. The van der Waals surface area contributed by atoms with E-state index in [1.807, 2.05) is 44.2 Å². The summed E-state index contributed by atoms with van der Waals surface area (Å²) in [5.74, 6) is 1.18. The lowest BCUT2D eigenvalue weighted by molar-refractivity contribution is -0.125. The Hall–Kier alpha value is -2.61. The highest BCUT2D eigenvalue weighted by atomic mass is 32.2. The van der Waals surface area contributed by atoms with Crippen molar-refractivity contribution in [1.82, 2.24) is 15.5 Å². The molecular weight excluding hydrogens is 410 g/mol. The molecule has 2 aliphatic rings. The summed E-state index contributed by atoms with van der Waals surface area (Å²) in [5, 5.41) is 15.5. The SMILES string of the molecule is Cc1cccc(C)c1NC(=O)CSc1ccc(N2CCC[C@H](C(=O)NC3CC3)C2)nn1. The van der Waals surface area contributed by atoms with E-state index in [4.69, 9.17) is 0 Å². The Balaban J connectivity index is 1.28. The van der Waals surface area contributed by atoms with Crippen LogP contribution in [0.25, 0.3) is 0 Å². The van der Waals surface area contributed by atoms with Gasteiger partial charge in [0.2, 0.25) is 11.8 Å². The number of hydrogen-bond acceptors (Lipinski definition) is 6. The molecule has 2 aromatic rings. The number of aryl methyl sites for hydroxylation is 2. The molecule has 164 valence electrons. The van der Waals surface area contributed by atoms with E-state index in [-0.39, 0.29) is 23.5 Å². The normalized spacial score (nSPS) is 18.5. The average molecular weight is 440 g/mol. The van der Waals surface area contributed by atoms with Gasteiger partial charge in [-0.25, -0.2) is 0 Å². The van der Waals surface area contributed by atoms with E-state index in [9.17, 15) is 9.59 Å². The van der Waals surface area contributed by atoms with E-state index in [2.05, 4.69) is 25.7 Å². The van der Waals surface area contributed by atoms with E-state index < -0.39 is 0 Å². The van der Waals surface area contributed by atoms with Crippen LogP contribution < -0.4 is 15.5 Å². The second kappa shape index (κ2) is 9.68. The van der Waals surface area contributed by atoms with Crippen LogP contribution in [-0.4, -0.2) is 46.9 Å². The molecule has 0 bridgehead atoms. The predicted octanol–water partition coefficient (Wildman–Crippen LogP) is 3.32. The molecule has 2 heterocycles. The molecule has 8 heteroatoms. The van der Waals surface area contributed by atoms with Gasteiger partial charge in [-0.05, 0) is 62.8 Å². The van der Waals surface area contributed by atoms with Crippen molar-refractivity contribution in [3.63, 3.8) is 0 Å². The predicted molar refractivity (Wildman–Crippen MR) is 123 cm³/mol. The van der Waals surface area contributed by atoms with Crippen LogP contribution in [0, 0.1) is 19.8 Å². The molecule has 0 spiro atoms. The van der Waals surface area contributed by atoms with Crippen molar-refractivity contribution in [3.05, 3.63) is 41.5 Å². The van der Waals surface area contributed by atoms with Crippen molar-refractivity contribution >= 4 is 35.1 Å². The van der Waals surface area contributed by atoms with Crippen LogP contribution in [0.3, 0.4) is 0 Å². The van der Waals surface area contributed by atoms with E-state index in [0.717, 1.165) is 54.9 Å². The van der Waals surface area contributed by atoms with Gasteiger partial charge in [0.15, 0.2) is 5.82 Å². The Morgan fingerprint density at radius 1 is 1.10 bits per heavy atom. The molecule has 2 N–H and O–H groups in total. The maximum atomic E-state index is 12.4. The number of nitrogens with one attached hydrogen (secondary N) is 2. The lowest BCUT2D eigenvalue weighted by Gasteiger charge is -2.32. The van der Waals surface area contributed by atoms with Crippen LogP contribution >= 0.6 is 11.8 Å². The number of piperidine rings is 1. The molecule has 1 aromatic heterocycles. The maximum absolute atomic E-state index is 12.4. The van der Waals surface area contributed by atoms with Gasteiger partial charge >= 0.3 is 0 Å². The molecule has 1 saturated carbocycles. The van der Waals surface area contributed by atoms with Crippen LogP contribution in [0.15, 0.2) is 35.4 Å². The number of para-hydroxylation sites is 1. The molecule has 1 aromatic carbocycles. The largest absolute Gasteiger partial charge is 0.354 e. The molecule has 4 rings (SSSR count). The monoisotopic (exact) mass is 439 g/mol. The van der Waals surface area contributed by atoms with Gasteiger partial charge in [0.25, 0.3) is 0 Å². The Morgan fingerprint density at radius 3 is 2.55 bits per heavy atom. The zero-order chi connectivity index (χ0) is 21.8. The Bertz CT molecular complexity index is 925. The summed E-state index contributed by atoms with van der Waals surface area (Å²) < 4.78 is 0. The fourth-order valence-electron chi connectivity index (χ4n) is 3.83. The number of carbonyl (C=O) groups is 2. The van der Waals surface area contributed by atoms with Gasteiger partial charge in [-0.1, -0.05) is 30.0 Å². The number of rotatable bonds is 7. The molecule has 31 heavy (non-hydrogen) atoms. The van der Waals surface area contributed by atoms with Crippen LogP contribution in [0.1, 0.15) is 36.8 Å². The molecule has 1 aliphatic carbocycles. The number of hydrogen-bond donors (Lipinski definition) is 2. The van der Waals surface area contributed by atoms with Crippen LogP contribution in [0.4, 0.5) is 11.5 Å². The van der Waals surface area contributed by atoms with E-state index in [0.29, 0.717) is 17.6 Å². The van der Waals surface area contributed by atoms with Crippen molar-refractivity contribution in [1.29, 1.82) is 0 Å². The molecule has 1 saturated heterocycles. The molecule has 0 unspecified atom stereocenters. The summed E-state index contributed by atoms with van der Waals surface area (Å²) in [6.45, 7) is 5.53. The Kier molecular flexibility index (Phi) is 6.75. The highest BCUT2D eigenvalue weighted by Gasteiger charge is 2.30.